The molecule has 0 heterocycles. The molecule has 4 aromatic carbocycles. The number of aryl methyl sites for hydroxylation is 3. The van der Waals surface area contributed by atoms with E-state index in [4.69, 9.17) is 31.4 Å². The first-order valence-corrected chi connectivity index (χ1v) is 15.5. The van der Waals surface area contributed by atoms with Crippen LogP contribution < -0.4 is 31.4 Å². The summed E-state index contributed by atoms with van der Waals surface area (Å²) in [5, 5.41) is 0. The van der Waals surface area contributed by atoms with Crippen LogP contribution in [0.25, 0.3) is 0 Å². The second kappa shape index (κ2) is 10.4. The van der Waals surface area contributed by atoms with Gasteiger partial charge >= 0.3 is 0 Å². The van der Waals surface area contributed by atoms with Crippen LogP contribution in [0.2, 0.25) is 0 Å². The van der Waals surface area contributed by atoms with Gasteiger partial charge in [0.2, 0.25) is 5.75 Å². The summed E-state index contributed by atoms with van der Waals surface area (Å²) in [5.41, 5.74) is 24.7. The number of nitrogens with two attached hydrogens (primary N) is 3. The maximum Gasteiger partial charge on any atom is 0.212 e. The van der Waals surface area contributed by atoms with Crippen LogP contribution in [0.1, 0.15) is 60.8 Å². The van der Waals surface area contributed by atoms with Crippen LogP contribution >= 0.6 is 0 Å². The van der Waals surface area contributed by atoms with E-state index < -0.39 is 0 Å². The average Bonchev–Trinajstić information content (AvgIpc) is 2.95. The summed E-state index contributed by atoms with van der Waals surface area (Å²) in [5.74, 6) is 6.10. The van der Waals surface area contributed by atoms with Crippen molar-refractivity contribution >= 4 is 17.1 Å². The molecule has 0 aromatic heterocycles. The second-order valence-corrected chi connectivity index (χ2v) is 13.3. The van der Waals surface area contributed by atoms with Crippen LogP contribution in [-0.4, -0.2) is 0 Å². The Kier molecular flexibility index (Phi) is 6.68. The second-order valence-electron chi connectivity index (χ2n) is 13.3. The van der Waals surface area contributed by atoms with Crippen LogP contribution in [-0.2, 0) is 5.41 Å². The Bertz CT molecular complexity index is 1680. The van der Waals surface area contributed by atoms with Crippen molar-refractivity contribution in [1.82, 2.24) is 0 Å². The summed E-state index contributed by atoms with van der Waals surface area (Å²) in [7, 11) is 0. The maximum absolute atomic E-state index is 6.98. The van der Waals surface area contributed by atoms with Crippen LogP contribution in [0.5, 0.6) is 34.5 Å². The van der Waals surface area contributed by atoms with Crippen molar-refractivity contribution in [2.75, 3.05) is 17.2 Å². The summed E-state index contributed by atoms with van der Waals surface area (Å²) in [6, 6.07) is 21.5. The largest absolute Gasteiger partial charge is 0.453 e. The highest BCUT2D eigenvalue weighted by Crippen LogP contribution is 2.64. The molecule has 222 valence electrons. The molecule has 0 radical (unpaired) electrons. The summed E-state index contributed by atoms with van der Waals surface area (Å²) >= 11 is 0. The van der Waals surface area contributed by atoms with Crippen molar-refractivity contribution < 1.29 is 14.2 Å². The number of benzene rings is 4. The molecule has 6 N–H and O–H groups in total. The summed E-state index contributed by atoms with van der Waals surface area (Å²) in [4.78, 5) is 0. The predicted molar refractivity (Wildman–Crippen MR) is 173 cm³/mol. The van der Waals surface area contributed by atoms with Gasteiger partial charge in [-0.2, -0.15) is 0 Å². The van der Waals surface area contributed by atoms with E-state index in [1.54, 1.807) is 0 Å². The Morgan fingerprint density at radius 3 is 1.40 bits per heavy atom. The van der Waals surface area contributed by atoms with E-state index in [-0.39, 0.29) is 5.41 Å². The van der Waals surface area contributed by atoms with Crippen molar-refractivity contribution in [3.63, 3.8) is 0 Å². The Labute approximate surface area is 254 Å². The van der Waals surface area contributed by atoms with E-state index in [0.29, 0.717) is 51.6 Å². The Balaban J connectivity index is 1.45. The Morgan fingerprint density at radius 1 is 0.512 bits per heavy atom. The van der Waals surface area contributed by atoms with E-state index in [1.165, 1.54) is 44.1 Å². The lowest BCUT2D eigenvalue weighted by molar-refractivity contribution is -0.00611. The first-order valence-electron chi connectivity index (χ1n) is 15.5. The third-order valence-electron chi connectivity index (χ3n) is 9.97. The molecule has 4 saturated carbocycles. The van der Waals surface area contributed by atoms with Crippen LogP contribution in [0.4, 0.5) is 17.1 Å². The lowest BCUT2D eigenvalue weighted by atomic mass is 9.48. The van der Waals surface area contributed by atoms with E-state index in [2.05, 4.69) is 6.07 Å². The molecule has 6 nitrogen and oxygen atoms in total. The van der Waals surface area contributed by atoms with E-state index in [1.807, 2.05) is 81.4 Å². The standard InChI is InChI=1S/C37H41N3O3/c1-21-4-7-27(38)15-32(21)41-31-11-10-30(37-18-24-12-25(19-37)14-26(13-24)20-37)35(42-33-16-28(39)8-5-22(33)2)36(31)43-34-17-29(40)9-6-23(34)3/h4-11,15-17,24-26H,12-14,18-20,38-40H2,1-3H3. The fourth-order valence-electron chi connectivity index (χ4n) is 8.20. The Hall–Kier alpha value is -4.32. The van der Waals surface area contributed by atoms with Gasteiger partial charge in [0.05, 0.1) is 0 Å². The van der Waals surface area contributed by atoms with Crippen LogP contribution in [0, 0.1) is 38.5 Å². The van der Waals surface area contributed by atoms with Crippen molar-refractivity contribution in [2.45, 2.75) is 64.7 Å². The van der Waals surface area contributed by atoms with Gasteiger partial charge in [0.15, 0.2) is 11.5 Å². The highest BCUT2D eigenvalue weighted by atomic mass is 16.5. The lowest BCUT2D eigenvalue weighted by Gasteiger charge is -2.57. The number of nitrogen functional groups attached to an aromatic ring is 3. The van der Waals surface area contributed by atoms with Gasteiger partial charge in [0.25, 0.3) is 0 Å². The van der Waals surface area contributed by atoms with Gasteiger partial charge in [-0.25, -0.2) is 0 Å². The van der Waals surface area contributed by atoms with E-state index in [0.717, 1.165) is 34.4 Å². The fourth-order valence-corrected chi connectivity index (χ4v) is 8.20. The van der Waals surface area contributed by atoms with E-state index >= 15 is 0 Å². The lowest BCUT2D eigenvalue weighted by Crippen LogP contribution is -2.48. The van der Waals surface area contributed by atoms with Crippen molar-refractivity contribution in [3.05, 3.63) is 89.0 Å². The van der Waals surface area contributed by atoms with Gasteiger partial charge in [-0.05, 0) is 123 Å². The minimum Gasteiger partial charge on any atom is -0.453 e. The minimum atomic E-state index is 0.0345. The van der Waals surface area contributed by atoms with Gasteiger partial charge < -0.3 is 31.4 Å². The van der Waals surface area contributed by atoms with Crippen LogP contribution in [0.3, 0.4) is 0 Å². The summed E-state index contributed by atoms with van der Waals surface area (Å²) in [6.07, 6.45) is 7.59. The van der Waals surface area contributed by atoms with Gasteiger partial charge in [-0.3, -0.25) is 0 Å². The molecule has 8 rings (SSSR count). The Morgan fingerprint density at radius 2 is 0.930 bits per heavy atom. The van der Waals surface area contributed by atoms with Gasteiger partial charge in [0, 0.05) is 40.8 Å². The normalized spacial score (nSPS) is 23.7. The number of hydrogen-bond acceptors (Lipinski definition) is 6. The molecule has 0 unspecified atom stereocenters. The quantitative estimate of drug-likeness (QED) is 0.190. The molecule has 6 heteroatoms. The number of hydrogen-bond donors (Lipinski definition) is 3. The van der Waals surface area contributed by atoms with Gasteiger partial charge in [0.1, 0.15) is 17.2 Å². The van der Waals surface area contributed by atoms with Gasteiger partial charge in [-0.1, -0.05) is 24.3 Å². The SMILES string of the molecule is Cc1ccc(N)cc1Oc1ccc(C23CC4CC(CC(C4)C2)C3)c(Oc2cc(N)ccc2C)c1Oc1cc(N)ccc1C. The van der Waals surface area contributed by atoms with Crippen molar-refractivity contribution in [1.29, 1.82) is 0 Å². The fraction of sp³-hybridized carbons (Fsp3) is 0.351. The van der Waals surface area contributed by atoms with Crippen LogP contribution in [0.15, 0.2) is 66.7 Å². The molecule has 4 aromatic rings. The molecule has 0 aliphatic heterocycles. The molecule has 0 spiro atoms. The zero-order valence-corrected chi connectivity index (χ0v) is 25.3. The molecule has 4 aliphatic carbocycles. The molecule has 0 saturated heterocycles. The zero-order valence-electron chi connectivity index (χ0n) is 25.3. The predicted octanol–water partition coefficient (Wildman–Crippen LogP) is 9.20. The molecule has 4 aliphatic rings. The number of ether oxygens (including phenoxy) is 3. The number of anilines is 3. The average molecular weight is 576 g/mol. The number of rotatable bonds is 7. The maximum atomic E-state index is 6.98. The molecule has 43 heavy (non-hydrogen) atoms. The highest BCUT2D eigenvalue weighted by Gasteiger charge is 2.53. The zero-order chi connectivity index (χ0) is 29.9. The first-order chi connectivity index (χ1) is 20.7. The molecular formula is C37H41N3O3. The topological polar surface area (TPSA) is 106 Å². The first kappa shape index (κ1) is 27.5. The molecule has 0 atom stereocenters. The van der Waals surface area contributed by atoms with Gasteiger partial charge in [-0.15, -0.1) is 0 Å². The smallest absolute Gasteiger partial charge is 0.212 e. The minimum absolute atomic E-state index is 0.0345. The van der Waals surface area contributed by atoms with Crippen molar-refractivity contribution in [3.8, 4) is 34.5 Å². The monoisotopic (exact) mass is 575 g/mol. The third-order valence-corrected chi connectivity index (χ3v) is 9.97. The summed E-state index contributed by atoms with van der Waals surface area (Å²) in [6.45, 7) is 6.07. The summed E-state index contributed by atoms with van der Waals surface area (Å²) < 4.78 is 20.5. The molecule has 4 fully saturated rings. The molecule has 4 bridgehead atoms. The van der Waals surface area contributed by atoms with Crippen molar-refractivity contribution in [2.24, 2.45) is 17.8 Å². The van der Waals surface area contributed by atoms with E-state index in [9.17, 15) is 0 Å². The molecular weight excluding hydrogens is 534 g/mol. The third kappa shape index (κ3) is 5.13. The molecule has 0 amide bonds. The highest BCUT2D eigenvalue weighted by molar-refractivity contribution is 5.64.